The van der Waals surface area contributed by atoms with Crippen molar-refractivity contribution in [3.8, 4) is 0 Å². The number of nitrogens with zero attached hydrogens (tertiary/aromatic N) is 2. The molecule has 0 saturated carbocycles. The summed E-state index contributed by atoms with van der Waals surface area (Å²) in [5, 5.41) is 6.36. The average Bonchev–Trinajstić information content (AvgIpc) is 2.65. The Kier molecular flexibility index (Phi) is 11.4. The van der Waals surface area contributed by atoms with Crippen LogP contribution in [0.5, 0.6) is 0 Å². The van der Waals surface area contributed by atoms with Gasteiger partial charge in [-0.15, -0.1) is 35.7 Å². The minimum absolute atomic E-state index is 0. The Morgan fingerprint density at radius 3 is 2.63 bits per heavy atom. The number of halogens is 1. The smallest absolute Gasteiger partial charge is 0.215 e. The molecule has 10 heteroatoms. The molecular formula is C17H29IN4O2S3. The standard InChI is InChI=1S/C17H28N4O2S3.HI/c1-14-4-5-15(16(12-14)24-3)13-20-17(18-2)19-6-11-26(22,23)21-7-9-25-10-8-21;/h4-5,12H,6-11,13H2,1-3H3,(H2,18,19,20);1H. The molecule has 6 nitrogen and oxygen atoms in total. The highest BCUT2D eigenvalue weighted by Crippen LogP contribution is 2.21. The van der Waals surface area contributed by atoms with E-state index in [1.54, 1.807) is 34.9 Å². The van der Waals surface area contributed by atoms with Crippen molar-refractivity contribution in [3.63, 3.8) is 0 Å². The fourth-order valence-corrected chi connectivity index (χ4v) is 5.85. The molecule has 1 aromatic rings. The fraction of sp³-hybridized carbons (Fsp3) is 0.588. The molecule has 1 fully saturated rings. The third-order valence-corrected chi connectivity index (χ3v) is 7.76. The Hall–Kier alpha value is -0.170. The molecule has 0 spiro atoms. The summed E-state index contributed by atoms with van der Waals surface area (Å²) in [6.45, 7) is 4.30. The lowest BCUT2D eigenvalue weighted by molar-refractivity contribution is 0.443. The number of benzene rings is 1. The molecule has 0 atom stereocenters. The van der Waals surface area contributed by atoms with Crippen LogP contribution in [0.15, 0.2) is 28.1 Å². The zero-order valence-corrected chi connectivity index (χ0v) is 20.8. The van der Waals surface area contributed by atoms with E-state index in [9.17, 15) is 8.42 Å². The van der Waals surface area contributed by atoms with E-state index in [0.29, 0.717) is 32.1 Å². The largest absolute Gasteiger partial charge is 0.355 e. The molecule has 1 aliphatic rings. The van der Waals surface area contributed by atoms with Crippen LogP contribution in [-0.4, -0.2) is 68.9 Å². The highest BCUT2D eigenvalue weighted by molar-refractivity contribution is 14.0. The van der Waals surface area contributed by atoms with Crippen LogP contribution in [0.1, 0.15) is 11.1 Å². The Morgan fingerprint density at radius 2 is 2.00 bits per heavy atom. The van der Waals surface area contributed by atoms with Crippen LogP contribution < -0.4 is 10.6 Å². The lowest BCUT2D eigenvalue weighted by Crippen LogP contribution is -2.44. The lowest BCUT2D eigenvalue weighted by atomic mass is 10.1. The first-order chi connectivity index (χ1) is 12.5. The quantitative estimate of drug-likeness (QED) is 0.238. The van der Waals surface area contributed by atoms with E-state index >= 15 is 0 Å². The first kappa shape index (κ1) is 24.9. The van der Waals surface area contributed by atoms with Gasteiger partial charge in [-0.1, -0.05) is 12.1 Å². The zero-order chi connectivity index (χ0) is 19.0. The van der Waals surface area contributed by atoms with Crippen LogP contribution in [0, 0.1) is 6.92 Å². The second-order valence-corrected chi connectivity index (χ2v) is 10.2. The topological polar surface area (TPSA) is 73.8 Å². The van der Waals surface area contributed by atoms with Gasteiger partial charge in [0.1, 0.15) is 0 Å². The van der Waals surface area contributed by atoms with Crippen molar-refractivity contribution in [2.75, 3.05) is 50.2 Å². The highest BCUT2D eigenvalue weighted by Gasteiger charge is 2.23. The third-order valence-electron chi connectivity index (χ3n) is 4.13. The molecule has 1 heterocycles. The number of rotatable bonds is 7. The monoisotopic (exact) mass is 544 g/mol. The molecule has 0 amide bonds. The van der Waals surface area contributed by atoms with E-state index in [1.807, 2.05) is 0 Å². The van der Waals surface area contributed by atoms with Gasteiger partial charge in [-0.05, 0) is 30.4 Å². The van der Waals surface area contributed by atoms with Gasteiger partial charge in [0.15, 0.2) is 5.96 Å². The van der Waals surface area contributed by atoms with E-state index in [0.717, 1.165) is 11.5 Å². The third kappa shape index (κ3) is 8.00. The summed E-state index contributed by atoms with van der Waals surface area (Å²) in [5.74, 6) is 2.45. The van der Waals surface area contributed by atoms with Gasteiger partial charge in [0.2, 0.25) is 10.0 Å². The minimum atomic E-state index is -3.20. The summed E-state index contributed by atoms with van der Waals surface area (Å²) >= 11 is 3.52. The Bertz CT molecular complexity index is 723. The summed E-state index contributed by atoms with van der Waals surface area (Å²) in [6.07, 6.45) is 2.06. The molecule has 0 bridgehead atoms. The molecule has 0 aromatic heterocycles. The normalized spacial score (nSPS) is 15.9. The van der Waals surface area contributed by atoms with Crippen LogP contribution >= 0.6 is 47.5 Å². The molecule has 2 N–H and O–H groups in total. The van der Waals surface area contributed by atoms with E-state index in [-0.39, 0.29) is 29.7 Å². The second-order valence-electron chi connectivity index (χ2n) is 6.00. The van der Waals surface area contributed by atoms with Gasteiger partial charge >= 0.3 is 0 Å². The predicted octanol–water partition coefficient (Wildman–Crippen LogP) is 2.38. The number of aliphatic imine (C=N–C) groups is 1. The number of hydrogen-bond donors (Lipinski definition) is 2. The van der Waals surface area contributed by atoms with Gasteiger partial charge in [-0.2, -0.15) is 11.8 Å². The SMILES string of the molecule is CN=C(NCCS(=O)(=O)N1CCSCC1)NCc1ccc(C)cc1SC.I. The summed E-state index contributed by atoms with van der Waals surface area (Å²) in [6, 6.07) is 6.37. The van der Waals surface area contributed by atoms with Crippen molar-refractivity contribution in [3.05, 3.63) is 29.3 Å². The highest BCUT2D eigenvalue weighted by atomic mass is 127. The van der Waals surface area contributed by atoms with Gasteiger partial charge in [0.25, 0.3) is 0 Å². The molecule has 2 rings (SSSR count). The predicted molar refractivity (Wildman–Crippen MR) is 129 cm³/mol. The Labute approximate surface area is 188 Å². The van der Waals surface area contributed by atoms with Crippen molar-refractivity contribution in [1.29, 1.82) is 0 Å². The van der Waals surface area contributed by atoms with E-state index in [4.69, 9.17) is 0 Å². The van der Waals surface area contributed by atoms with Gasteiger partial charge in [-0.3, -0.25) is 4.99 Å². The van der Waals surface area contributed by atoms with Crippen molar-refractivity contribution in [2.24, 2.45) is 4.99 Å². The number of hydrogen-bond acceptors (Lipinski definition) is 5. The first-order valence-corrected chi connectivity index (χ1v) is 12.6. The summed E-state index contributed by atoms with van der Waals surface area (Å²) in [4.78, 5) is 5.42. The first-order valence-electron chi connectivity index (χ1n) is 8.60. The van der Waals surface area contributed by atoms with Crippen LogP contribution in [0.2, 0.25) is 0 Å². The number of aryl methyl sites for hydroxylation is 1. The molecule has 27 heavy (non-hydrogen) atoms. The van der Waals surface area contributed by atoms with Gasteiger partial charge in [-0.25, -0.2) is 12.7 Å². The number of thioether (sulfide) groups is 2. The van der Waals surface area contributed by atoms with Crippen molar-refractivity contribution in [2.45, 2.75) is 18.4 Å². The molecule has 154 valence electrons. The van der Waals surface area contributed by atoms with Crippen LogP contribution in [0.4, 0.5) is 0 Å². The van der Waals surface area contributed by atoms with E-state index in [1.165, 1.54) is 16.0 Å². The second kappa shape index (κ2) is 12.4. The van der Waals surface area contributed by atoms with Crippen LogP contribution in [0.3, 0.4) is 0 Å². The summed E-state index contributed by atoms with van der Waals surface area (Å²) in [5.41, 5.74) is 2.44. The Morgan fingerprint density at radius 1 is 1.30 bits per heavy atom. The van der Waals surface area contributed by atoms with E-state index in [2.05, 4.69) is 47.0 Å². The van der Waals surface area contributed by atoms with Gasteiger partial charge in [0, 0.05) is 49.6 Å². The van der Waals surface area contributed by atoms with Gasteiger partial charge < -0.3 is 10.6 Å². The van der Waals surface area contributed by atoms with Crippen LogP contribution in [0.25, 0.3) is 0 Å². The minimum Gasteiger partial charge on any atom is -0.355 e. The number of nitrogens with one attached hydrogen (secondary N) is 2. The number of guanidine groups is 1. The maximum absolute atomic E-state index is 12.4. The molecule has 0 aliphatic carbocycles. The molecule has 1 aliphatic heterocycles. The van der Waals surface area contributed by atoms with E-state index < -0.39 is 10.0 Å². The van der Waals surface area contributed by atoms with Crippen LogP contribution in [-0.2, 0) is 16.6 Å². The van der Waals surface area contributed by atoms with Crippen molar-refractivity contribution < 1.29 is 8.42 Å². The Balaban J connectivity index is 0.00000364. The fourth-order valence-electron chi connectivity index (χ4n) is 2.65. The zero-order valence-electron chi connectivity index (χ0n) is 16.0. The number of sulfonamides is 1. The van der Waals surface area contributed by atoms with Crippen molar-refractivity contribution in [1.82, 2.24) is 14.9 Å². The summed E-state index contributed by atoms with van der Waals surface area (Å²) < 4.78 is 26.3. The maximum Gasteiger partial charge on any atom is 0.215 e. The molecular weight excluding hydrogens is 515 g/mol. The van der Waals surface area contributed by atoms with Gasteiger partial charge in [0.05, 0.1) is 5.75 Å². The molecule has 0 unspecified atom stereocenters. The average molecular weight is 545 g/mol. The maximum atomic E-state index is 12.4. The molecule has 0 radical (unpaired) electrons. The molecule has 1 aromatic carbocycles. The summed E-state index contributed by atoms with van der Waals surface area (Å²) in [7, 11) is -1.51. The van der Waals surface area contributed by atoms with Crippen molar-refractivity contribution >= 4 is 63.5 Å². The lowest BCUT2D eigenvalue weighted by Gasteiger charge is -2.25. The molecule has 1 saturated heterocycles.